The van der Waals surface area contributed by atoms with Crippen LogP contribution in [-0.2, 0) is 6.61 Å². The highest BCUT2D eigenvalue weighted by molar-refractivity contribution is 5.94. The molecule has 0 heterocycles. The molecule has 0 unspecified atom stereocenters. The van der Waals surface area contributed by atoms with Gasteiger partial charge in [0.15, 0.2) is 0 Å². The molecule has 1 N–H and O–H groups in total. The first-order chi connectivity index (χ1) is 8.22. The molecule has 0 aliphatic carbocycles. The zero-order chi connectivity index (χ0) is 12.7. The van der Waals surface area contributed by atoms with Crippen molar-refractivity contribution in [2.75, 3.05) is 13.1 Å². The van der Waals surface area contributed by atoms with Crippen molar-refractivity contribution in [2.45, 2.75) is 33.3 Å². The van der Waals surface area contributed by atoms with Crippen LogP contribution in [0.1, 0.15) is 42.6 Å². The molecule has 0 atom stereocenters. The fourth-order valence-electron chi connectivity index (χ4n) is 1.84. The second-order valence-corrected chi connectivity index (χ2v) is 4.15. The predicted octanol–water partition coefficient (Wildman–Crippen LogP) is 2.44. The summed E-state index contributed by atoms with van der Waals surface area (Å²) in [4.78, 5) is 14.1. The molecule has 0 bridgehead atoms. The summed E-state index contributed by atoms with van der Waals surface area (Å²) in [7, 11) is 0. The van der Waals surface area contributed by atoms with Crippen LogP contribution in [0.2, 0.25) is 0 Å². The van der Waals surface area contributed by atoms with Gasteiger partial charge in [-0.25, -0.2) is 0 Å². The lowest BCUT2D eigenvalue weighted by Crippen LogP contribution is -2.32. The molecular formula is C14H21NO2. The van der Waals surface area contributed by atoms with Crippen LogP contribution in [-0.4, -0.2) is 29.0 Å². The summed E-state index contributed by atoms with van der Waals surface area (Å²) in [5.41, 5.74) is 1.45. The Morgan fingerprint density at radius 2 is 1.88 bits per heavy atom. The molecule has 0 spiro atoms. The summed E-state index contributed by atoms with van der Waals surface area (Å²) in [5, 5.41) is 9.06. The zero-order valence-corrected chi connectivity index (χ0v) is 10.6. The molecule has 1 aromatic carbocycles. The van der Waals surface area contributed by atoms with Gasteiger partial charge in [0.2, 0.25) is 0 Å². The lowest BCUT2D eigenvalue weighted by atomic mass is 10.1. The van der Waals surface area contributed by atoms with Crippen LogP contribution in [0.25, 0.3) is 0 Å². The molecule has 1 rings (SSSR count). The molecule has 3 heteroatoms. The minimum Gasteiger partial charge on any atom is -0.392 e. The van der Waals surface area contributed by atoms with Crippen LogP contribution < -0.4 is 0 Å². The summed E-state index contributed by atoms with van der Waals surface area (Å²) >= 11 is 0. The normalized spacial score (nSPS) is 10.3. The molecule has 3 nitrogen and oxygen atoms in total. The lowest BCUT2D eigenvalue weighted by Gasteiger charge is -2.21. The Kier molecular flexibility index (Phi) is 5.70. The Balaban J connectivity index is 2.84. The first-order valence-corrected chi connectivity index (χ1v) is 6.22. The van der Waals surface area contributed by atoms with Crippen LogP contribution in [0.4, 0.5) is 0 Å². The van der Waals surface area contributed by atoms with E-state index in [9.17, 15) is 4.79 Å². The smallest absolute Gasteiger partial charge is 0.253 e. The summed E-state index contributed by atoms with van der Waals surface area (Å²) < 4.78 is 0. The number of rotatable bonds is 6. The molecule has 0 aliphatic heterocycles. The number of benzene rings is 1. The SMILES string of the molecule is CCCN(CCC)C(=O)c1cccc(CO)c1. The first-order valence-electron chi connectivity index (χ1n) is 6.22. The number of nitrogens with zero attached hydrogens (tertiary/aromatic N) is 1. The van der Waals surface area contributed by atoms with E-state index in [1.165, 1.54) is 0 Å². The Labute approximate surface area is 103 Å². The Morgan fingerprint density at radius 1 is 1.24 bits per heavy atom. The van der Waals surface area contributed by atoms with Gasteiger partial charge in [0.05, 0.1) is 6.61 Å². The molecule has 0 saturated heterocycles. The molecule has 0 fully saturated rings. The van der Waals surface area contributed by atoms with Gasteiger partial charge in [-0.2, -0.15) is 0 Å². The van der Waals surface area contributed by atoms with Gasteiger partial charge in [0.25, 0.3) is 5.91 Å². The third-order valence-electron chi connectivity index (χ3n) is 2.63. The van der Waals surface area contributed by atoms with Crippen molar-refractivity contribution < 1.29 is 9.90 Å². The number of hydrogen-bond donors (Lipinski definition) is 1. The van der Waals surface area contributed by atoms with E-state index in [1.807, 2.05) is 17.0 Å². The van der Waals surface area contributed by atoms with Crippen molar-refractivity contribution in [3.63, 3.8) is 0 Å². The molecule has 0 saturated carbocycles. The molecular weight excluding hydrogens is 214 g/mol. The largest absolute Gasteiger partial charge is 0.392 e. The highest BCUT2D eigenvalue weighted by Crippen LogP contribution is 2.09. The topological polar surface area (TPSA) is 40.5 Å². The van der Waals surface area contributed by atoms with Crippen LogP contribution in [0.3, 0.4) is 0 Å². The average molecular weight is 235 g/mol. The highest BCUT2D eigenvalue weighted by Gasteiger charge is 2.14. The molecule has 0 aliphatic rings. The van der Waals surface area contributed by atoms with Gasteiger partial charge in [-0.05, 0) is 30.5 Å². The van der Waals surface area contributed by atoms with Crippen molar-refractivity contribution >= 4 is 5.91 Å². The highest BCUT2D eigenvalue weighted by atomic mass is 16.3. The van der Waals surface area contributed by atoms with Crippen molar-refractivity contribution in [3.05, 3.63) is 35.4 Å². The van der Waals surface area contributed by atoms with Gasteiger partial charge in [0, 0.05) is 18.7 Å². The van der Waals surface area contributed by atoms with Crippen LogP contribution in [0, 0.1) is 0 Å². The molecule has 0 radical (unpaired) electrons. The van der Waals surface area contributed by atoms with E-state index in [4.69, 9.17) is 5.11 Å². The second kappa shape index (κ2) is 7.07. The molecule has 1 aromatic rings. The molecule has 17 heavy (non-hydrogen) atoms. The number of aliphatic hydroxyl groups excluding tert-OH is 1. The number of aliphatic hydroxyl groups is 1. The van der Waals surface area contributed by atoms with Gasteiger partial charge in [-0.1, -0.05) is 26.0 Å². The molecule has 1 amide bonds. The van der Waals surface area contributed by atoms with E-state index in [1.54, 1.807) is 12.1 Å². The maximum Gasteiger partial charge on any atom is 0.253 e. The number of carbonyl (C=O) groups excluding carboxylic acids is 1. The Bertz CT molecular complexity index is 357. The standard InChI is InChI=1S/C14H21NO2/c1-3-8-15(9-4-2)14(17)13-7-5-6-12(10-13)11-16/h5-7,10,16H,3-4,8-9,11H2,1-2H3. The van der Waals surface area contributed by atoms with Gasteiger partial charge in [-0.3, -0.25) is 4.79 Å². The van der Waals surface area contributed by atoms with Crippen molar-refractivity contribution in [2.24, 2.45) is 0 Å². The minimum atomic E-state index is -0.0251. The van der Waals surface area contributed by atoms with Gasteiger partial charge in [0.1, 0.15) is 0 Å². The third-order valence-corrected chi connectivity index (χ3v) is 2.63. The fourth-order valence-corrected chi connectivity index (χ4v) is 1.84. The van der Waals surface area contributed by atoms with E-state index >= 15 is 0 Å². The predicted molar refractivity (Wildman–Crippen MR) is 68.9 cm³/mol. The van der Waals surface area contributed by atoms with E-state index in [-0.39, 0.29) is 12.5 Å². The Hall–Kier alpha value is -1.35. The summed E-state index contributed by atoms with van der Waals surface area (Å²) in [6.45, 7) is 5.69. The van der Waals surface area contributed by atoms with Crippen LogP contribution in [0.5, 0.6) is 0 Å². The third kappa shape index (κ3) is 3.86. The molecule has 0 aromatic heterocycles. The second-order valence-electron chi connectivity index (χ2n) is 4.15. The maximum absolute atomic E-state index is 12.2. The van der Waals surface area contributed by atoms with Crippen LogP contribution in [0.15, 0.2) is 24.3 Å². The number of hydrogen-bond acceptors (Lipinski definition) is 2. The first kappa shape index (κ1) is 13.7. The number of carbonyl (C=O) groups is 1. The van der Waals surface area contributed by atoms with Crippen molar-refractivity contribution in [1.82, 2.24) is 4.90 Å². The summed E-state index contributed by atoms with van der Waals surface area (Å²) in [5.74, 6) is 0.0593. The van der Waals surface area contributed by atoms with Crippen molar-refractivity contribution in [3.8, 4) is 0 Å². The Morgan fingerprint density at radius 3 is 2.41 bits per heavy atom. The maximum atomic E-state index is 12.2. The van der Waals surface area contributed by atoms with E-state index in [0.29, 0.717) is 5.56 Å². The van der Waals surface area contributed by atoms with Crippen molar-refractivity contribution in [1.29, 1.82) is 0 Å². The quantitative estimate of drug-likeness (QED) is 0.822. The van der Waals surface area contributed by atoms with E-state index in [0.717, 1.165) is 31.5 Å². The van der Waals surface area contributed by atoms with E-state index < -0.39 is 0 Å². The lowest BCUT2D eigenvalue weighted by molar-refractivity contribution is 0.0755. The summed E-state index contributed by atoms with van der Waals surface area (Å²) in [6, 6.07) is 7.20. The van der Waals surface area contributed by atoms with Crippen LogP contribution >= 0.6 is 0 Å². The zero-order valence-electron chi connectivity index (χ0n) is 10.6. The average Bonchev–Trinajstić information content (AvgIpc) is 2.38. The molecule has 94 valence electrons. The van der Waals surface area contributed by atoms with Gasteiger partial charge >= 0.3 is 0 Å². The number of amides is 1. The van der Waals surface area contributed by atoms with Gasteiger partial charge < -0.3 is 10.0 Å². The minimum absolute atomic E-state index is 0.0251. The summed E-state index contributed by atoms with van der Waals surface area (Å²) in [6.07, 6.45) is 1.93. The van der Waals surface area contributed by atoms with E-state index in [2.05, 4.69) is 13.8 Å². The monoisotopic (exact) mass is 235 g/mol. The fraction of sp³-hybridized carbons (Fsp3) is 0.500. The van der Waals surface area contributed by atoms with Gasteiger partial charge in [-0.15, -0.1) is 0 Å².